The van der Waals surface area contributed by atoms with E-state index in [-0.39, 0.29) is 18.5 Å². The number of esters is 1. The molecule has 0 aliphatic heterocycles. The summed E-state index contributed by atoms with van der Waals surface area (Å²) in [6.45, 7) is 4.55. The van der Waals surface area contributed by atoms with Gasteiger partial charge in [0.2, 0.25) is 0 Å². The molecule has 278 valence electrons. The Hall–Kier alpha value is -1.32. The lowest BCUT2D eigenvalue weighted by molar-refractivity contribution is -0.147. The van der Waals surface area contributed by atoms with E-state index in [1.54, 1.807) is 0 Å². The van der Waals surface area contributed by atoms with Gasteiger partial charge >= 0.3 is 11.9 Å². The number of allylic oxidation sites excluding steroid dienone is 1. The Labute approximate surface area is 294 Å². The summed E-state index contributed by atoms with van der Waals surface area (Å²) < 4.78 is 5.93. The maximum atomic E-state index is 12.6. The van der Waals surface area contributed by atoms with Gasteiger partial charge in [0, 0.05) is 12.8 Å². The molecule has 0 aromatic rings. The maximum absolute atomic E-state index is 12.6. The zero-order valence-electron chi connectivity index (χ0n) is 31.9. The molecule has 1 N–H and O–H groups in total. The van der Waals surface area contributed by atoms with Gasteiger partial charge in [-0.2, -0.15) is 0 Å². The van der Waals surface area contributed by atoms with Crippen LogP contribution in [0.25, 0.3) is 0 Å². The summed E-state index contributed by atoms with van der Waals surface area (Å²) >= 11 is 0. The van der Waals surface area contributed by atoms with Gasteiger partial charge in [-0.25, -0.2) is 0 Å². The molecule has 0 bridgehead atoms. The number of rotatable bonds is 39. The van der Waals surface area contributed by atoms with Crippen LogP contribution in [0.5, 0.6) is 0 Å². The maximum Gasteiger partial charge on any atom is 0.306 e. The van der Waals surface area contributed by atoms with E-state index >= 15 is 0 Å². The molecule has 0 aliphatic carbocycles. The summed E-state index contributed by atoms with van der Waals surface area (Å²) in [5.41, 5.74) is 0. The highest BCUT2D eigenvalue weighted by Crippen LogP contribution is 2.17. The zero-order chi connectivity index (χ0) is 34.3. The van der Waals surface area contributed by atoms with Crippen LogP contribution in [0.4, 0.5) is 0 Å². The SMILES string of the molecule is CCCCCCCC/C=C\C(CCCCCCCCC(=O)O)OC(=O)CCCCCCCCCCCCCCCCCCCCCC. The van der Waals surface area contributed by atoms with Gasteiger partial charge < -0.3 is 9.84 Å². The Morgan fingerprint density at radius 1 is 0.468 bits per heavy atom. The summed E-state index contributed by atoms with van der Waals surface area (Å²) in [6, 6.07) is 0. The van der Waals surface area contributed by atoms with Crippen molar-refractivity contribution in [1.29, 1.82) is 0 Å². The number of carboxylic acid groups (broad SMARTS) is 1. The highest BCUT2D eigenvalue weighted by molar-refractivity contribution is 5.69. The number of aliphatic carboxylic acids is 1. The first-order chi connectivity index (χ1) is 23.1. The van der Waals surface area contributed by atoms with Crippen LogP contribution in [-0.4, -0.2) is 23.1 Å². The third-order valence-electron chi connectivity index (χ3n) is 9.72. The van der Waals surface area contributed by atoms with Crippen LogP contribution in [-0.2, 0) is 14.3 Å². The summed E-state index contributed by atoms with van der Waals surface area (Å²) in [4.78, 5) is 23.3. The second kappa shape index (κ2) is 39.1. The predicted molar refractivity (Wildman–Crippen MR) is 204 cm³/mol. The lowest BCUT2D eigenvalue weighted by Gasteiger charge is -2.15. The van der Waals surface area contributed by atoms with E-state index < -0.39 is 5.97 Å². The first-order valence-electron chi connectivity index (χ1n) is 21.2. The van der Waals surface area contributed by atoms with Crippen LogP contribution in [0.2, 0.25) is 0 Å². The van der Waals surface area contributed by atoms with Crippen LogP contribution >= 0.6 is 0 Å². The van der Waals surface area contributed by atoms with Crippen molar-refractivity contribution < 1.29 is 19.4 Å². The number of hydrogen-bond donors (Lipinski definition) is 1. The molecule has 1 unspecified atom stereocenters. The van der Waals surface area contributed by atoms with E-state index in [0.29, 0.717) is 6.42 Å². The molecule has 0 radical (unpaired) electrons. The Kier molecular flexibility index (Phi) is 38.0. The Morgan fingerprint density at radius 2 is 0.809 bits per heavy atom. The van der Waals surface area contributed by atoms with Crippen molar-refractivity contribution in [2.24, 2.45) is 0 Å². The fourth-order valence-corrected chi connectivity index (χ4v) is 6.57. The number of carbonyl (C=O) groups excluding carboxylic acids is 1. The number of hydrogen-bond acceptors (Lipinski definition) is 3. The van der Waals surface area contributed by atoms with Gasteiger partial charge in [-0.15, -0.1) is 0 Å². The van der Waals surface area contributed by atoms with Gasteiger partial charge in [-0.1, -0.05) is 200 Å². The van der Waals surface area contributed by atoms with E-state index in [1.165, 1.54) is 154 Å². The summed E-state index contributed by atoms with van der Waals surface area (Å²) in [7, 11) is 0. The lowest BCUT2D eigenvalue weighted by Crippen LogP contribution is -2.16. The minimum Gasteiger partial charge on any atom is -0.481 e. The monoisotopic (exact) mass is 663 g/mol. The summed E-state index contributed by atoms with van der Waals surface area (Å²) in [5, 5.41) is 8.78. The van der Waals surface area contributed by atoms with Crippen LogP contribution in [0.1, 0.15) is 245 Å². The zero-order valence-corrected chi connectivity index (χ0v) is 31.9. The molecule has 47 heavy (non-hydrogen) atoms. The summed E-state index contributed by atoms with van der Waals surface area (Å²) in [5.74, 6) is -0.729. The van der Waals surface area contributed by atoms with Gasteiger partial charge in [-0.3, -0.25) is 9.59 Å². The fraction of sp³-hybridized carbons (Fsp3) is 0.907. The number of carboxylic acids is 1. The van der Waals surface area contributed by atoms with Crippen LogP contribution < -0.4 is 0 Å². The molecule has 0 saturated heterocycles. The van der Waals surface area contributed by atoms with Crippen molar-refractivity contribution >= 4 is 11.9 Å². The van der Waals surface area contributed by atoms with E-state index in [9.17, 15) is 9.59 Å². The molecule has 1 atom stereocenters. The number of ether oxygens (including phenoxy) is 1. The summed E-state index contributed by atoms with van der Waals surface area (Å²) in [6.07, 6.45) is 48.3. The Balaban J connectivity index is 3.87. The largest absolute Gasteiger partial charge is 0.481 e. The number of unbranched alkanes of at least 4 members (excludes halogenated alkanes) is 30. The fourth-order valence-electron chi connectivity index (χ4n) is 6.57. The third kappa shape index (κ3) is 39.0. The van der Waals surface area contributed by atoms with Gasteiger partial charge in [0.1, 0.15) is 6.10 Å². The van der Waals surface area contributed by atoms with Gasteiger partial charge in [-0.05, 0) is 44.6 Å². The Morgan fingerprint density at radius 3 is 1.21 bits per heavy atom. The predicted octanol–water partition coefficient (Wildman–Crippen LogP) is 14.6. The molecule has 0 fully saturated rings. The van der Waals surface area contributed by atoms with Crippen molar-refractivity contribution in [2.75, 3.05) is 0 Å². The molecule has 0 saturated carbocycles. The van der Waals surface area contributed by atoms with E-state index in [1.807, 2.05) is 0 Å². The second-order valence-electron chi connectivity index (χ2n) is 14.5. The topological polar surface area (TPSA) is 63.6 Å². The normalized spacial score (nSPS) is 12.2. The van der Waals surface area contributed by atoms with Crippen LogP contribution in [0, 0.1) is 0 Å². The first-order valence-corrected chi connectivity index (χ1v) is 21.2. The van der Waals surface area contributed by atoms with Crippen molar-refractivity contribution in [3.63, 3.8) is 0 Å². The molecule has 0 spiro atoms. The molecule has 4 nitrogen and oxygen atoms in total. The van der Waals surface area contributed by atoms with Crippen molar-refractivity contribution in [3.05, 3.63) is 12.2 Å². The van der Waals surface area contributed by atoms with Crippen LogP contribution in [0.3, 0.4) is 0 Å². The molecule has 0 aromatic heterocycles. The highest BCUT2D eigenvalue weighted by atomic mass is 16.5. The Bertz CT molecular complexity index is 673. The van der Waals surface area contributed by atoms with E-state index in [2.05, 4.69) is 26.0 Å². The van der Waals surface area contributed by atoms with Crippen molar-refractivity contribution in [2.45, 2.75) is 251 Å². The third-order valence-corrected chi connectivity index (χ3v) is 9.72. The van der Waals surface area contributed by atoms with Gasteiger partial charge in [0.25, 0.3) is 0 Å². The van der Waals surface area contributed by atoms with Crippen molar-refractivity contribution in [3.8, 4) is 0 Å². The minimum atomic E-state index is -0.696. The molecule has 4 heteroatoms. The van der Waals surface area contributed by atoms with Gasteiger partial charge in [0.15, 0.2) is 0 Å². The highest BCUT2D eigenvalue weighted by Gasteiger charge is 2.11. The average molecular weight is 663 g/mol. The molecular formula is C43H82O4. The standard InChI is InChI=1S/C43H82O4/c1-3-5-7-9-11-13-14-15-16-17-18-19-20-21-22-23-24-26-32-36-40-43(46)47-41(37-33-29-25-12-10-8-6-4-2)38-34-30-27-28-31-35-39-42(44)45/h33,37,41H,3-32,34-36,38-40H2,1-2H3,(H,44,45)/b37-33-. The molecular weight excluding hydrogens is 580 g/mol. The van der Waals surface area contributed by atoms with Crippen molar-refractivity contribution in [1.82, 2.24) is 0 Å². The molecule has 0 aromatic carbocycles. The molecule has 0 heterocycles. The quantitative estimate of drug-likeness (QED) is 0.0404. The first kappa shape index (κ1) is 45.7. The smallest absolute Gasteiger partial charge is 0.306 e. The molecule has 0 rings (SSSR count). The van der Waals surface area contributed by atoms with Crippen LogP contribution in [0.15, 0.2) is 12.2 Å². The molecule has 0 aliphatic rings. The van der Waals surface area contributed by atoms with E-state index in [4.69, 9.17) is 9.84 Å². The minimum absolute atomic E-state index is 0.0321. The number of carbonyl (C=O) groups is 2. The van der Waals surface area contributed by atoms with E-state index in [0.717, 1.165) is 64.2 Å². The average Bonchev–Trinajstić information content (AvgIpc) is 3.05. The second-order valence-corrected chi connectivity index (χ2v) is 14.5. The lowest BCUT2D eigenvalue weighted by atomic mass is 10.0. The van der Waals surface area contributed by atoms with Gasteiger partial charge in [0.05, 0.1) is 0 Å². The molecule has 0 amide bonds.